The third-order valence-corrected chi connectivity index (χ3v) is 8.12. The third-order valence-electron chi connectivity index (χ3n) is 8.12. The number of ether oxygens (including phenoxy) is 1. The lowest BCUT2D eigenvalue weighted by Crippen LogP contribution is -2.62. The Morgan fingerprint density at radius 3 is 2.77 bits per heavy atom. The van der Waals surface area contributed by atoms with Crippen LogP contribution in [0, 0.1) is 5.92 Å². The van der Waals surface area contributed by atoms with Crippen LogP contribution in [-0.2, 0) is 10.2 Å². The Morgan fingerprint density at radius 1 is 1.16 bits per heavy atom. The number of carbonyl (C=O) groups excluding carboxylic acids is 1. The van der Waals surface area contributed by atoms with Crippen molar-refractivity contribution < 1.29 is 9.53 Å². The number of benzene rings is 2. The zero-order valence-electron chi connectivity index (χ0n) is 18.1. The number of nitrogens with zero attached hydrogens (tertiary/aromatic N) is 1. The molecular formula is C27H32N2O2. The molecule has 0 aliphatic carbocycles. The third kappa shape index (κ3) is 3.20. The van der Waals surface area contributed by atoms with Crippen molar-refractivity contribution in [3.05, 3.63) is 78.4 Å². The minimum atomic E-state index is -0.254. The molecule has 162 valence electrons. The zero-order valence-corrected chi connectivity index (χ0v) is 18.1. The van der Waals surface area contributed by atoms with Crippen molar-refractivity contribution in [3.8, 4) is 5.75 Å². The van der Waals surface area contributed by atoms with Gasteiger partial charge in [-0.25, -0.2) is 0 Å². The maximum Gasteiger partial charge on any atom is 0.210 e. The van der Waals surface area contributed by atoms with Crippen molar-refractivity contribution in [2.24, 2.45) is 5.92 Å². The molecule has 0 saturated carbocycles. The van der Waals surface area contributed by atoms with Gasteiger partial charge in [0.25, 0.3) is 0 Å². The highest BCUT2D eigenvalue weighted by Gasteiger charge is 2.59. The molecule has 0 bridgehead atoms. The maximum absolute atomic E-state index is 12.4. The molecule has 4 atom stereocenters. The lowest BCUT2D eigenvalue weighted by Gasteiger charge is -2.56. The van der Waals surface area contributed by atoms with Crippen LogP contribution in [0.2, 0.25) is 0 Å². The molecule has 1 amide bonds. The molecule has 0 radical (unpaired) electrons. The van der Waals surface area contributed by atoms with Gasteiger partial charge in [-0.05, 0) is 43.2 Å². The fourth-order valence-corrected chi connectivity index (χ4v) is 6.76. The number of hydrogen-bond donors (Lipinski definition) is 1. The lowest BCUT2D eigenvalue weighted by atomic mass is 9.57. The molecule has 0 aromatic heterocycles. The van der Waals surface area contributed by atoms with Gasteiger partial charge in [0.1, 0.15) is 5.75 Å². The van der Waals surface area contributed by atoms with Crippen molar-refractivity contribution in [3.63, 3.8) is 0 Å². The van der Waals surface area contributed by atoms with Gasteiger partial charge in [-0.15, -0.1) is 6.58 Å². The Balaban J connectivity index is 1.61. The average Bonchev–Trinajstić information content (AvgIpc) is 3.24. The molecule has 4 heteroatoms. The quantitative estimate of drug-likeness (QED) is 0.584. The van der Waals surface area contributed by atoms with Crippen LogP contribution in [0.25, 0.3) is 0 Å². The number of nitrogens with one attached hydrogen (secondary N) is 1. The van der Waals surface area contributed by atoms with Gasteiger partial charge in [0, 0.05) is 36.5 Å². The number of fused-ring (bicyclic) bond motifs is 2. The predicted octanol–water partition coefficient (Wildman–Crippen LogP) is 4.28. The first-order valence-corrected chi connectivity index (χ1v) is 11.5. The van der Waals surface area contributed by atoms with E-state index in [4.69, 9.17) is 4.74 Å². The van der Waals surface area contributed by atoms with Crippen LogP contribution in [0.15, 0.2) is 67.3 Å². The average molecular weight is 417 g/mol. The van der Waals surface area contributed by atoms with Crippen molar-refractivity contribution in [2.45, 2.75) is 42.6 Å². The van der Waals surface area contributed by atoms with Gasteiger partial charge in [0.2, 0.25) is 6.41 Å². The Labute approximate surface area is 185 Å². The summed E-state index contributed by atoms with van der Waals surface area (Å²) in [6, 6.07) is 19.3. The van der Waals surface area contributed by atoms with E-state index >= 15 is 0 Å². The normalized spacial score (nSPS) is 32.3. The van der Waals surface area contributed by atoms with Crippen LogP contribution >= 0.6 is 0 Å². The molecule has 1 N–H and O–H groups in total. The molecule has 3 heterocycles. The van der Waals surface area contributed by atoms with E-state index in [2.05, 4.69) is 71.4 Å². The van der Waals surface area contributed by atoms with E-state index in [1.165, 1.54) is 11.1 Å². The summed E-state index contributed by atoms with van der Waals surface area (Å²) >= 11 is 0. The van der Waals surface area contributed by atoms with Crippen LogP contribution in [0.5, 0.6) is 5.75 Å². The zero-order chi connectivity index (χ0) is 21.3. The Morgan fingerprint density at radius 2 is 1.97 bits per heavy atom. The Hall–Kier alpha value is -2.59. The smallest absolute Gasteiger partial charge is 0.210 e. The van der Waals surface area contributed by atoms with E-state index in [-0.39, 0.29) is 11.0 Å². The maximum atomic E-state index is 12.4. The summed E-state index contributed by atoms with van der Waals surface area (Å²) in [4.78, 5) is 14.5. The summed E-state index contributed by atoms with van der Waals surface area (Å²) in [7, 11) is 0. The molecule has 4 unspecified atom stereocenters. The Kier molecular flexibility index (Phi) is 5.35. The highest BCUT2D eigenvalue weighted by Crippen LogP contribution is 2.55. The van der Waals surface area contributed by atoms with Crippen LogP contribution in [0.1, 0.15) is 42.7 Å². The van der Waals surface area contributed by atoms with Crippen LogP contribution in [0.3, 0.4) is 0 Å². The topological polar surface area (TPSA) is 41.6 Å². The molecule has 1 spiro atoms. The predicted molar refractivity (Wildman–Crippen MR) is 123 cm³/mol. The first kappa shape index (κ1) is 20.3. The van der Waals surface area contributed by atoms with E-state index in [1.54, 1.807) is 0 Å². The van der Waals surface area contributed by atoms with Crippen LogP contribution < -0.4 is 10.1 Å². The van der Waals surface area contributed by atoms with E-state index in [9.17, 15) is 4.79 Å². The number of hydrogen-bond acceptors (Lipinski definition) is 3. The van der Waals surface area contributed by atoms with Gasteiger partial charge >= 0.3 is 0 Å². The van der Waals surface area contributed by atoms with Gasteiger partial charge in [0.15, 0.2) is 0 Å². The van der Waals surface area contributed by atoms with Gasteiger partial charge in [-0.2, -0.15) is 0 Å². The van der Waals surface area contributed by atoms with E-state index in [0.717, 1.165) is 64.1 Å². The number of likely N-dealkylation sites (tertiary alicyclic amines) is 1. The molecule has 2 saturated heterocycles. The van der Waals surface area contributed by atoms with E-state index < -0.39 is 0 Å². The second-order valence-electron chi connectivity index (χ2n) is 9.43. The summed E-state index contributed by atoms with van der Waals surface area (Å²) in [6.07, 6.45) is 6.89. The summed E-state index contributed by atoms with van der Waals surface area (Å²) in [6.45, 7) is 7.49. The van der Waals surface area contributed by atoms with Crippen LogP contribution in [0.4, 0.5) is 0 Å². The van der Waals surface area contributed by atoms with E-state index in [0.29, 0.717) is 11.8 Å². The molecule has 5 rings (SSSR count). The SMILES string of the molecule is C=CCC1(C2CNCC23CCOc2ccccc23)CC(c2ccccc2)CCN1C=O. The molecular weight excluding hydrogens is 384 g/mol. The first-order chi connectivity index (χ1) is 15.2. The summed E-state index contributed by atoms with van der Waals surface area (Å²) in [5.74, 6) is 1.76. The highest BCUT2D eigenvalue weighted by molar-refractivity contribution is 5.52. The fraction of sp³-hybridized carbons (Fsp3) is 0.444. The number of piperidine rings is 1. The molecule has 3 aliphatic heterocycles. The summed E-state index contributed by atoms with van der Waals surface area (Å²) in [5, 5.41) is 3.72. The van der Waals surface area contributed by atoms with Crippen LogP contribution in [-0.4, -0.2) is 43.1 Å². The summed E-state index contributed by atoms with van der Waals surface area (Å²) < 4.78 is 6.05. The first-order valence-electron chi connectivity index (χ1n) is 11.5. The number of para-hydroxylation sites is 1. The molecule has 3 aliphatic rings. The van der Waals surface area contributed by atoms with Gasteiger partial charge < -0.3 is 15.0 Å². The standard InChI is InChI=1S/C27H32N2O2/c1-2-13-27(17-22(12-15-29(27)20-30)21-8-4-3-5-9-21)25-18-28-19-26(25)14-16-31-24-11-7-6-10-23(24)26/h2-11,20,22,25,28H,1,12-19H2. The molecule has 4 nitrogen and oxygen atoms in total. The van der Waals surface area contributed by atoms with E-state index in [1.807, 2.05) is 6.08 Å². The van der Waals surface area contributed by atoms with Gasteiger partial charge in [-0.1, -0.05) is 54.6 Å². The molecule has 2 aromatic carbocycles. The number of carbonyl (C=O) groups is 1. The number of amides is 1. The fourth-order valence-electron chi connectivity index (χ4n) is 6.76. The largest absolute Gasteiger partial charge is 0.493 e. The van der Waals surface area contributed by atoms with Gasteiger partial charge in [0.05, 0.1) is 12.1 Å². The number of rotatable bonds is 5. The minimum Gasteiger partial charge on any atom is -0.493 e. The lowest BCUT2D eigenvalue weighted by molar-refractivity contribution is -0.131. The van der Waals surface area contributed by atoms with Crippen molar-refractivity contribution in [1.82, 2.24) is 10.2 Å². The van der Waals surface area contributed by atoms with Crippen molar-refractivity contribution >= 4 is 6.41 Å². The second kappa shape index (κ2) is 8.16. The van der Waals surface area contributed by atoms with Gasteiger partial charge in [-0.3, -0.25) is 4.79 Å². The monoisotopic (exact) mass is 416 g/mol. The Bertz CT molecular complexity index is 945. The highest BCUT2D eigenvalue weighted by atomic mass is 16.5. The van der Waals surface area contributed by atoms with Crippen molar-refractivity contribution in [2.75, 3.05) is 26.2 Å². The molecule has 2 fully saturated rings. The molecule has 31 heavy (non-hydrogen) atoms. The minimum absolute atomic E-state index is 0.0301. The molecule has 2 aromatic rings. The summed E-state index contributed by atoms with van der Waals surface area (Å²) in [5.41, 5.74) is 2.40. The second-order valence-corrected chi connectivity index (χ2v) is 9.43. The van der Waals surface area contributed by atoms with Crippen molar-refractivity contribution in [1.29, 1.82) is 0 Å².